The van der Waals surface area contributed by atoms with E-state index in [-0.39, 0.29) is 27.1 Å². The fraction of sp³-hybridized carbons (Fsp3) is 0.375. The van der Waals surface area contributed by atoms with Gasteiger partial charge in [0.05, 0.1) is 22.2 Å². The lowest BCUT2D eigenvalue weighted by atomic mass is 9.88. The Morgan fingerprint density at radius 3 is 2.42 bits per heavy atom. The number of carbonyl (C=O) groups is 1. The van der Waals surface area contributed by atoms with Crippen molar-refractivity contribution in [2.45, 2.75) is 38.8 Å². The van der Waals surface area contributed by atoms with Gasteiger partial charge in [-0.25, -0.2) is 4.79 Å². The van der Waals surface area contributed by atoms with Crippen molar-refractivity contribution in [3.63, 3.8) is 0 Å². The molecule has 2 aromatic rings. The van der Waals surface area contributed by atoms with Gasteiger partial charge in [-0.05, 0) is 12.1 Å². The van der Waals surface area contributed by atoms with Gasteiger partial charge in [0.15, 0.2) is 5.82 Å². The third-order valence-electron chi connectivity index (χ3n) is 3.43. The smallest absolute Gasteiger partial charge is 0.306 e. The second-order valence-corrected chi connectivity index (χ2v) is 7.43. The van der Waals surface area contributed by atoms with Crippen molar-refractivity contribution >= 4 is 40.7 Å². The number of nitrogens with one attached hydrogen (secondary N) is 3. The molecule has 0 unspecified atom stereocenters. The van der Waals surface area contributed by atoms with E-state index in [9.17, 15) is 18.0 Å². The molecule has 1 heterocycles. The lowest BCUT2D eigenvalue weighted by molar-refractivity contribution is -0.127. The predicted molar refractivity (Wildman–Crippen MR) is 96.2 cm³/mol. The Balaban J connectivity index is 2.27. The molecule has 142 valence electrons. The molecule has 0 bridgehead atoms. The van der Waals surface area contributed by atoms with Crippen LogP contribution in [0, 0.1) is 0 Å². The molecule has 0 aliphatic carbocycles. The lowest BCUT2D eigenvalue weighted by Gasteiger charge is -2.19. The van der Waals surface area contributed by atoms with Gasteiger partial charge >= 0.3 is 12.2 Å². The fourth-order valence-electron chi connectivity index (χ4n) is 2.32. The monoisotopic (exact) mass is 408 g/mol. The summed E-state index contributed by atoms with van der Waals surface area (Å²) in [5, 5.41) is 11.5. The molecule has 26 heavy (non-hydrogen) atoms. The third-order valence-corrected chi connectivity index (χ3v) is 4.24. The standard InChI is InChI=1S/C16H17Cl2F3N4O/c1-15(2,3)12-8(7-16(19,20)21)13(25-24-12)23-14(26)22-10-6-4-5-9(17)11(10)18/h4-6H,7H2,1-3H3,(H3,22,23,24,25,26). The maximum Gasteiger partial charge on any atom is 0.393 e. The van der Waals surface area contributed by atoms with Crippen LogP contribution in [0.4, 0.5) is 29.5 Å². The Morgan fingerprint density at radius 2 is 1.85 bits per heavy atom. The molecule has 2 rings (SSSR count). The molecule has 0 aliphatic heterocycles. The minimum atomic E-state index is -4.45. The minimum Gasteiger partial charge on any atom is -0.306 e. The summed E-state index contributed by atoms with van der Waals surface area (Å²) < 4.78 is 38.8. The highest BCUT2D eigenvalue weighted by Gasteiger charge is 2.34. The van der Waals surface area contributed by atoms with Gasteiger partial charge in [0.1, 0.15) is 0 Å². The highest BCUT2D eigenvalue weighted by atomic mass is 35.5. The molecular weight excluding hydrogens is 392 g/mol. The number of alkyl halides is 3. The molecule has 0 fully saturated rings. The van der Waals surface area contributed by atoms with Crippen molar-refractivity contribution in [1.82, 2.24) is 10.2 Å². The van der Waals surface area contributed by atoms with Gasteiger partial charge in [-0.15, -0.1) is 0 Å². The third kappa shape index (κ3) is 5.04. The molecule has 5 nitrogen and oxygen atoms in total. The van der Waals surface area contributed by atoms with Crippen LogP contribution in [0.5, 0.6) is 0 Å². The van der Waals surface area contributed by atoms with Gasteiger partial charge in [0, 0.05) is 16.7 Å². The topological polar surface area (TPSA) is 69.8 Å². The van der Waals surface area contributed by atoms with Crippen LogP contribution in [0.3, 0.4) is 0 Å². The van der Waals surface area contributed by atoms with E-state index in [1.54, 1.807) is 26.8 Å². The highest BCUT2D eigenvalue weighted by Crippen LogP contribution is 2.34. The summed E-state index contributed by atoms with van der Waals surface area (Å²) in [6.45, 7) is 5.24. The minimum absolute atomic E-state index is 0.114. The number of hydrogen-bond donors (Lipinski definition) is 3. The number of benzene rings is 1. The zero-order chi connectivity index (χ0) is 19.7. The first kappa shape index (κ1) is 20.4. The maximum atomic E-state index is 12.9. The van der Waals surface area contributed by atoms with Gasteiger partial charge < -0.3 is 5.32 Å². The van der Waals surface area contributed by atoms with Crippen LogP contribution in [-0.4, -0.2) is 22.4 Å². The van der Waals surface area contributed by atoms with Crippen LogP contribution in [0.15, 0.2) is 18.2 Å². The van der Waals surface area contributed by atoms with E-state index < -0.39 is 24.0 Å². The van der Waals surface area contributed by atoms with Crippen LogP contribution in [0.1, 0.15) is 32.0 Å². The molecule has 1 aromatic heterocycles. The number of hydrogen-bond acceptors (Lipinski definition) is 2. The Bertz CT molecular complexity index is 813. The van der Waals surface area contributed by atoms with E-state index in [4.69, 9.17) is 23.2 Å². The summed E-state index contributed by atoms with van der Waals surface area (Å²) in [7, 11) is 0. The molecule has 0 saturated heterocycles. The van der Waals surface area contributed by atoms with Crippen LogP contribution in [-0.2, 0) is 11.8 Å². The van der Waals surface area contributed by atoms with Crippen molar-refractivity contribution in [2.24, 2.45) is 0 Å². The predicted octanol–water partition coefficient (Wildman–Crippen LogP) is 5.76. The number of aromatic amines is 1. The van der Waals surface area contributed by atoms with E-state index >= 15 is 0 Å². The SMILES string of the molecule is CC(C)(C)c1[nH]nc(NC(=O)Nc2cccc(Cl)c2Cl)c1CC(F)(F)F. The van der Waals surface area contributed by atoms with E-state index in [1.807, 2.05) is 0 Å². The average Bonchev–Trinajstić information content (AvgIpc) is 2.84. The molecule has 0 saturated carbocycles. The quantitative estimate of drug-likeness (QED) is 0.603. The average molecular weight is 409 g/mol. The number of amides is 2. The molecule has 0 aliphatic rings. The number of rotatable bonds is 3. The zero-order valence-electron chi connectivity index (χ0n) is 14.2. The Morgan fingerprint density at radius 1 is 1.19 bits per heavy atom. The largest absolute Gasteiger partial charge is 0.393 e. The van der Waals surface area contributed by atoms with Gasteiger partial charge in [0.2, 0.25) is 0 Å². The second kappa shape index (κ2) is 7.36. The van der Waals surface area contributed by atoms with E-state index in [1.165, 1.54) is 12.1 Å². The molecule has 3 N–H and O–H groups in total. The molecule has 2 amide bonds. The number of carbonyl (C=O) groups excluding carboxylic acids is 1. The first-order valence-corrected chi connectivity index (χ1v) is 8.30. The fourth-order valence-corrected chi connectivity index (χ4v) is 2.67. The zero-order valence-corrected chi connectivity index (χ0v) is 15.7. The Hall–Kier alpha value is -1.93. The van der Waals surface area contributed by atoms with Crippen molar-refractivity contribution in [2.75, 3.05) is 10.6 Å². The van der Waals surface area contributed by atoms with Crippen LogP contribution in [0.2, 0.25) is 10.0 Å². The Kier molecular flexibility index (Phi) is 5.77. The summed E-state index contributed by atoms with van der Waals surface area (Å²) in [4.78, 5) is 12.2. The first-order valence-electron chi connectivity index (χ1n) is 7.55. The van der Waals surface area contributed by atoms with E-state index in [0.29, 0.717) is 5.69 Å². The van der Waals surface area contributed by atoms with Crippen molar-refractivity contribution in [3.05, 3.63) is 39.5 Å². The summed E-state index contributed by atoms with van der Waals surface area (Å²) in [5.74, 6) is -0.192. The van der Waals surface area contributed by atoms with Crippen LogP contribution in [0.25, 0.3) is 0 Å². The number of anilines is 2. The molecule has 1 aromatic carbocycles. The summed E-state index contributed by atoms with van der Waals surface area (Å²) in [6, 6.07) is 3.84. The normalized spacial score (nSPS) is 12.2. The second-order valence-electron chi connectivity index (χ2n) is 6.65. The molecule has 0 radical (unpaired) electrons. The van der Waals surface area contributed by atoms with E-state index in [2.05, 4.69) is 20.8 Å². The molecule has 10 heteroatoms. The summed E-state index contributed by atoms with van der Waals surface area (Å²) in [5.41, 5.74) is -0.204. The highest BCUT2D eigenvalue weighted by molar-refractivity contribution is 6.44. The van der Waals surface area contributed by atoms with Gasteiger partial charge in [0.25, 0.3) is 0 Å². The number of urea groups is 1. The number of aromatic nitrogens is 2. The van der Waals surface area contributed by atoms with Gasteiger partial charge in [-0.2, -0.15) is 18.3 Å². The van der Waals surface area contributed by atoms with Crippen LogP contribution >= 0.6 is 23.2 Å². The van der Waals surface area contributed by atoms with Crippen molar-refractivity contribution in [3.8, 4) is 0 Å². The van der Waals surface area contributed by atoms with Gasteiger partial charge in [-0.3, -0.25) is 10.4 Å². The lowest BCUT2D eigenvalue weighted by Crippen LogP contribution is -2.23. The van der Waals surface area contributed by atoms with Gasteiger partial charge in [-0.1, -0.05) is 50.0 Å². The van der Waals surface area contributed by atoms with Crippen molar-refractivity contribution in [1.29, 1.82) is 0 Å². The number of halogens is 5. The number of H-pyrrole nitrogens is 1. The molecule has 0 spiro atoms. The van der Waals surface area contributed by atoms with E-state index in [0.717, 1.165) is 0 Å². The number of nitrogens with zero attached hydrogens (tertiary/aromatic N) is 1. The molecular formula is C16H17Cl2F3N4O. The molecule has 0 atom stereocenters. The summed E-state index contributed by atoms with van der Waals surface area (Å²) in [6.07, 6.45) is -5.67. The van der Waals surface area contributed by atoms with Crippen LogP contribution < -0.4 is 10.6 Å². The van der Waals surface area contributed by atoms with Crippen molar-refractivity contribution < 1.29 is 18.0 Å². The Labute approximate surface area is 158 Å². The maximum absolute atomic E-state index is 12.9. The first-order chi connectivity index (χ1) is 11.9. The summed E-state index contributed by atoms with van der Waals surface area (Å²) >= 11 is 11.8.